The van der Waals surface area contributed by atoms with Crippen LogP contribution in [0.25, 0.3) is 0 Å². The highest BCUT2D eigenvalue weighted by molar-refractivity contribution is 5.21. The Kier molecular flexibility index (Phi) is 4.72. The lowest BCUT2D eigenvalue weighted by atomic mass is 9.93. The summed E-state index contributed by atoms with van der Waals surface area (Å²) < 4.78 is 13.9. The molecule has 0 spiro atoms. The van der Waals surface area contributed by atoms with Crippen molar-refractivity contribution in [3.8, 4) is 0 Å². The second-order valence-electron chi connectivity index (χ2n) is 5.18. The van der Waals surface area contributed by atoms with Gasteiger partial charge in [0.2, 0.25) is 0 Å². The third-order valence-corrected chi connectivity index (χ3v) is 4.06. The van der Waals surface area contributed by atoms with E-state index < -0.39 is 0 Å². The van der Waals surface area contributed by atoms with Gasteiger partial charge < -0.3 is 5.73 Å². The molecule has 1 aromatic rings. The molecular weight excluding hydrogens is 227 g/mol. The number of halogens is 1. The second-order valence-corrected chi connectivity index (χ2v) is 5.18. The van der Waals surface area contributed by atoms with Gasteiger partial charge in [-0.3, -0.25) is 4.90 Å². The summed E-state index contributed by atoms with van der Waals surface area (Å²) in [6.07, 6.45) is 3.69. The Morgan fingerprint density at radius 2 is 2.22 bits per heavy atom. The van der Waals surface area contributed by atoms with Gasteiger partial charge in [0, 0.05) is 24.7 Å². The van der Waals surface area contributed by atoms with Gasteiger partial charge in [0.25, 0.3) is 0 Å². The van der Waals surface area contributed by atoms with Crippen LogP contribution in [0.3, 0.4) is 0 Å². The highest BCUT2D eigenvalue weighted by Crippen LogP contribution is 2.28. The number of piperidine rings is 1. The lowest BCUT2D eigenvalue weighted by Gasteiger charge is -2.38. The topological polar surface area (TPSA) is 29.3 Å². The van der Waals surface area contributed by atoms with Gasteiger partial charge in [-0.05, 0) is 31.4 Å². The van der Waals surface area contributed by atoms with E-state index in [-0.39, 0.29) is 11.9 Å². The molecule has 0 bridgehead atoms. The maximum Gasteiger partial charge on any atom is 0.128 e. The molecule has 1 heterocycles. The molecule has 1 aliphatic rings. The van der Waals surface area contributed by atoms with Gasteiger partial charge in [-0.2, -0.15) is 0 Å². The first-order valence-electron chi connectivity index (χ1n) is 6.94. The van der Waals surface area contributed by atoms with E-state index in [1.165, 1.54) is 25.3 Å². The molecule has 1 aromatic carbocycles. The Morgan fingerprint density at radius 3 is 2.89 bits per heavy atom. The van der Waals surface area contributed by atoms with Gasteiger partial charge in [0.05, 0.1) is 0 Å². The van der Waals surface area contributed by atoms with Crippen molar-refractivity contribution in [1.29, 1.82) is 0 Å². The predicted molar refractivity (Wildman–Crippen MR) is 72.8 cm³/mol. The van der Waals surface area contributed by atoms with Crippen molar-refractivity contribution in [3.05, 3.63) is 35.6 Å². The van der Waals surface area contributed by atoms with Crippen LogP contribution in [0.1, 0.15) is 37.8 Å². The summed E-state index contributed by atoms with van der Waals surface area (Å²) in [4.78, 5) is 2.36. The van der Waals surface area contributed by atoms with E-state index in [2.05, 4.69) is 11.8 Å². The number of rotatable bonds is 4. The standard InChI is InChI=1S/C15H23FN2/c1-2-12-6-5-9-18(11-12)15(10-17)13-7-3-4-8-14(13)16/h3-4,7-8,12,15H,2,5-6,9-11,17H2,1H3. The molecule has 1 aliphatic heterocycles. The van der Waals surface area contributed by atoms with Crippen LogP contribution < -0.4 is 5.73 Å². The Labute approximate surface area is 109 Å². The summed E-state index contributed by atoms with van der Waals surface area (Å²) in [5.74, 6) is 0.603. The number of nitrogens with two attached hydrogens (primary N) is 1. The minimum atomic E-state index is -0.133. The molecule has 1 saturated heterocycles. The zero-order valence-corrected chi connectivity index (χ0v) is 11.1. The third kappa shape index (κ3) is 2.90. The van der Waals surface area contributed by atoms with E-state index in [4.69, 9.17) is 5.73 Å². The van der Waals surface area contributed by atoms with Gasteiger partial charge in [-0.25, -0.2) is 4.39 Å². The molecule has 0 aromatic heterocycles. The van der Waals surface area contributed by atoms with E-state index in [0.717, 1.165) is 24.6 Å². The van der Waals surface area contributed by atoms with E-state index in [0.29, 0.717) is 6.54 Å². The van der Waals surface area contributed by atoms with E-state index in [9.17, 15) is 4.39 Å². The summed E-state index contributed by atoms with van der Waals surface area (Å²) in [6, 6.07) is 7.04. The maximum absolute atomic E-state index is 13.9. The molecule has 3 heteroatoms. The molecule has 18 heavy (non-hydrogen) atoms. The summed E-state index contributed by atoms with van der Waals surface area (Å²) in [5.41, 5.74) is 6.63. The lowest BCUT2D eigenvalue weighted by molar-refractivity contribution is 0.122. The maximum atomic E-state index is 13.9. The summed E-state index contributed by atoms with van der Waals surface area (Å²) in [7, 11) is 0. The van der Waals surface area contributed by atoms with Crippen LogP contribution in [0.4, 0.5) is 4.39 Å². The van der Waals surface area contributed by atoms with Gasteiger partial charge >= 0.3 is 0 Å². The fraction of sp³-hybridized carbons (Fsp3) is 0.600. The van der Waals surface area contributed by atoms with Crippen LogP contribution >= 0.6 is 0 Å². The number of likely N-dealkylation sites (tertiary alicyclic amines) is 1. The van der Waals surface area contributed by atoms with Crippen molar-refractivity contribution in [2.24, 2.45) is 11.7 Å². The highest BCUT2D eigenvalue weighted by Gasteiger charge is 2.26. The summed E-state index contributed by atoms with van der Waals surface area (Å²) in [6.45, 7) is 4.80. The van der Waals surface area contributed by atoms with Crippen LogP contribution in [0, 0.1) is 11.7 Å². The molecule has 2 atom stereocenters. The predicted octanol–water partition coefficient (Wildman–Crippen LogP) is 2.95. The molecular formula is C15H23FN2. The molecule has 1 fully saturated rings. The second kappa shape index (κ2) is 6.30. The Balaban J connectivity index is 2.15. The SMILES string of the molecule is CCC1CCCN(C(CN)c2ccccc2F)C1. The molecule has 0 saturated carbocycles. The van der Waals surface area contributed by atoms with Gasteiger partial charge in [0.15, 0.2) is 0 Å². The first-order chi connectivity index (χ1) is 8.76. The Morgan fingerprint density at radius 1 is 1.44 bits per heavy atom. The van der Waals surface area contributed by atoms with Gasteiger partial charge in [0.1, 0.15) is 5.82 Å². The van der Waals surface area contributed by atoms with Crippen LogP contribution in [0.15, 0.2) is 24.3 Å². The zero-order chi connectivity index (χ0) is 13.0. The number of nitrogens with zero attached hydrogens (tertiary/aromatic N) is 1. The summed E-state index contributed by atoms with van der Waals surface area (Å²) >= 11 is 0. The normalized spacial score (nSPS) is 22.9. The molecule has 0 radical (unpaired) electrons. The van der Waals surface area contributed by atoms with Gasteiger partial charge in [-0.1, -0.05) is 31.5 Å². The monoisotopic (exact) mass is 250 g/mol. The van der Waals surface area contributed by atoms with Crippen LogP contribution in [0.2, 0.25) is 0 Å². The Hall–Kier alpha value is -0.930. The van der Waals surface area contributed by atoms with E-state index in [1.54, 1.807) is 6.07 Å². The molecule has 0 aliphatic carbocycles. The lowest BCUT2D eigenvalue weighted by Crippen LogP contribution is -2.41. The molecule has 0 amide bonds. The zero-order valence-electron chi connectivity index (χ0n) is 11.1. The molecule has 2 rings (SSSR count). The van der Waals surface area contributed by atoms with Crippen molar-refractivity contribution >= 4 is 0 Å². The average Bonchev–Trinajstić information content (AvgIpc) is 2.42. The van der Waals surface area contributed by atoms with Crippen molar-refractivity contribution < 1.29 is 4.39 Å². The van der Waals surface area contributed by atoms with Crippen LogP contribution in [0.5, 0.6) is 0 Å². The van der Waals surface area contributed by atoms with E-state index >= 15 is 0 Å². The fourth-order valence-corrected chi connectivity index (χ4v) is 2.93. The number of hydrogen-bond acceptors (Lipinski definition) is 2. The highest BCUT2D eigenvalue weighted by atomic mass is 19.1. The minimum absolute atomic E-state index is 0.0283. The third-order valence-electron chi connectivity index (χ3n) is 4.06. The molecule has 2 nitrogen and oxygen atoms in total. The average molecular weight is 250 g/mol. The minimum Gasteiger partial charge on any atom is -0.329 e. The van der Waals surface area contributed by atoms with Crippen molar-refractivity contribution in [2.75, 3.05) is 19.6 Å². The van der Waals surface area contributed by atoms with Crippen molar-refractivity contribution in [3.63, 3.8) is 0 Å². The van der Waals surface area contributed by atoms with Gasteiger partial charge in [-0.15, -0.1) is 0 Å². The molecule has 2 unspecified atom stereocenters. The Bertz CT molecular complexity index is 381. The van der Waals surface area contributed by atoms with E-state index in [1.807, 2.05) is 12.1 Å². The molecule has 2 N–H and O–H groups in total. The fourth-order valence-electron chi connectivity index (χ4n) is 2.93. The number of hydrogen-bond donors (Lipinski definition) is 1. The number of benzene rings is 1. The first-order valence-corrected chi connectivity index (χ1v) is 6.94. The first kappa shape index (κ1) is 13.5. The van der Waals surface area contributed by atoms with Crippen molar-refractivity contribution in [2.45, 2.75) is 32.2 Å². The largest absolute Gasteiger partial charge is 0.329 e. The van der Waals surface area contributed by atoms with Crippen LogP contribution in [-0.4, -0.2) is 24.5 Å². The van der Waals surface area contributed by atoms with Crippen molar-refractivity contribution in [1.82, 2.24) is 4.90 Å². The smallest absolute Gasteiger partial charge is 0.128 e. The quantitative estimate of drug-likeness (QED) is 0.890. The molecule has 100 valence electrons. The van der Waals surface area contributed by atoms with Crippen LogP contribution in [-0.2, 0) is 0 Å². The summed E-state index contributed by atoms with van der Waals surface area (Å²) in [5, 5.41) is 0.